The standard InChI is InChI=1S/C28H29N7O2/c1-2-10-34(9-1)11-3-13-37-23-8-12-35-26(17-30-28(35)14-23)24-15-27(32-19-31-24)29-16-21-4-6-22(7-5-21)25-18-36-20-33-25/h4-8,12,14-15,17-20H,1-3,9-11,13,16H2,(H,29,31,32). The number of nitrogens with one attached hydrogen (secondary N) is 1. The summed E-state index contributed by atoms with van der Waals surface area (Å²) in [4.78, 5) is 20.1. The van der Waals surface area contributed by atoms with Gasteiger partial charge in [-0.2, -0.15) is 0 Å². The molecule has 0 atom stereocenters. The molecule has 188 valence electrons. The molecule has 0 saturated carbocycles. The Labute approximate surface area is 215 Å². The first kappa shape index (κ1) is 23.2. The number of fused-ring (bicyclic) bond motifs is 1. The van der Waals surface area contributed by atoms with Gasteiger partial charge in [-0.25, -0.2) is 19.9 Å². The van der Waals surface area contributed by atoms with Crippen LogP contribution in [0.15, 0.2) is 78.3 Å². The second-order valence-electron chi connectivity index (χ2n) is 9.20. The summed E-state index contributed by atoms with van der Waals surface area (Å²) in [5.41, 5.74) is 5.50. The van der Waals surface area contributed by atoms with E-state index in [1.54, 1.807) is 12.6 Å². The number of likely N-dealkylation sites (tertiary alicyclic amines) is 1. The van der Waals surface area contributed by atoms with Crippen LogP contribution in [0.1, 0.15) is 24.8 Å². The van der Waals surface area contributed by atoms with Gasteiger partial charge in [0.25, 0.3) is 0 Å². The normalized spacial score (nSPS) is 13.8. The van der Waals surface area contributed by atoms with Crippen LogP contribution in [0.25, 0.3) is 28.3 Å². The highest BCUT2D eigenvalue weighted by Gasteiger charge is 2.12. The molecule has 9 heteroatoms. The number of benzene rings is 1. The smallest absolute Gasteiger partial charge is 0.181 e. The highest BCUT2D eigenvalue weighted by Crippen LogP contribution is 2.24. The van der Waals surface area contributed by atoms with Gasteiger partial charge in [0.1, 0.15) is 35.5 Å². The molecule has 6 rings (SSSR count). The van der Waals surface area contributed by atoms with Gasteiger partial charge in [-0.3, -0.25) is 4.40 Å². The SMILES string of the molecule is c1nc(NCc2ccc(-c3cocn3)cc2)cc(-c2cnc3cc(OCCCN4CCCC4)ccn23)n1. The monoisotopic (exact) mass is 495 g/mol. The Morgan fingerprint density at radius 1 is 0.946 bits per heavy atom. The van der Waals surface area contributed by atoms with E-state index in [4.69, 9.17) is 9.15 Å². The van der Waals surface area contributed by atoms with Gasteiger partial charge in [-0.1, -0.05) is 24.3 Å². The third kappa shape index (κ3) is 5.46. The second-order valence-corrected chi connectivity index (χ2v) is 9.20. The van der Waals surface area contributed by atoms with Gasteiger partial charge in [0.2, 0.25) is 0 Å². The predicted molar refractivity (Wildman–Crippen MR) is 141 cm³/mol. The molecule has 0 amide bonds. The number of aromatic nitrogens is 5. The largest absolute Gasteiger partial charge is 0.493 e. The zero-order valence-electron chi connectivity index (χ0n) is 20.6. The Balaban J connectivity index is 1.08. The molecular formula is C28H29N7O2. The summed E-state index contributed by atoms with van der Waals surface area (Å²) in [6, 6.07) is 14.1. The summed E-state index contributed by atoms with van der Waals surface area (Å²) in [5, 5.41) is 3.39. The van der Waals surface area contributed by atoms with Crippen LogP contribution in [-0.4, -0.2) is 55.5 Å². The fraction of sp³-hybridized carbons (Fsp3) is 0.286. The van der Waals surface area contributed by atoms with Crippen molar-refractivity contribution in [1.29, 1.82) is 0 Å². The third-order valence-corrected chi connectivity index (χ3v) is 6.66. The van der Waals surface area contributed by atoms with Crippen LogP contribution < -0.4 is 10.1 Å². The quantitative estimate of drug-likeness (QED) is 0.273. The number of hydrogen-bond acceptors (Lipinski definition) is 8. The van der Waals surface area contributed by atoms with Crippen molar-refractivity contribution in [3.8, 4) is 28.4 Å². The van der Waals surface area contributed by atoms with Crippen molar-refractivity contribution in [3.63, 3.8) is 0 Å². The number of imidazole rings is 1. The molecule has 5 heterocycles. The Morgan fingerprint density at radius 2 is 1.84 bits per heavy atom. The summed E-state index contributed by atoms with van der Waals surface area (Å²) in [6.07, 6.45) is 12.1. The van der Waals surface area contributed by atoms with Crippen molar-refractivity contribution in [3.05, 3.63) is 79.4 Å². The number of ether oxygens (including phenoxy) is 1. The van der Waals surface area contributed by atoms with E-state index in [0.717, 1.165) is 58.4 Å². The molecule has 1 fully saturated rings. The maximum absolute atomic E-state index is 5.99. The molecule has 4 aromatic heterocycles. The minimum atomic E-state index is 0.640. The molecular weight excluding hydrogens is 466 g/mol. The lowest BCUT2D eigenvalue weighted by molar-refractivity contribution is 0.263. The zero-order chi connectivity index (χ0) is 24.9. The zero-order valence-corrected chi connectivity index (χ0v) is 20.6. The van der Waals surface area contributed by atoms with Crippen molar-refractivity contribution in [2.45, 2.75) is 25.8 Å². The lowest BCUT2D eigenvalue weighted by Gasteiger charge is -2.14. The Morgan fingerprint density at radius 3 is 2.68 bits per heavy atom. The number of hydrogen-bond donors (Lipinski definition) is 1. The van der Waals surface area contributed by atoms with E-state index in [9.17, 15) is 0 Å². The van der Waals surface area contributed by atoms with E-state index < -0.39 is 0 Å². The topological polar surface area (TPSA) is 93.6 Å². The van der Waals surface area contributed by atoms with Crippen LogP contribution in [0.5, 0.6) is 5.75 Å². The lowest BCUT2D eigenvalue weighted by Crippen LogP contribution is -2.21. The van der Waals surface area contributed by atoms with Crippen molar-refractivity contribution < 1.29 is 9.15 Å². The van der Waals surface area contributed by atoms with Gasteiger partial charge in [0, 0.05) is 37.0 Å². The van der Waals surface area contributed by atoms with Crippen LogP contribution in [0, 0.1) is 0 Å². The van der Waals surface area contributed by atoms with Gasteiger partial charge in [-0.15, -0.1) is 0 Å². The number of nitrogens with zero attached hydrogens (tertiary/aromatic N) is 6. The van der Waals surface area contributed by atoms with Crippen LogP contribution in [0.3, 0.4) is 0 Å². The molecule has 0 aliphatic carbocycles. The summed E-state index contributed by atoms with van der Waals surface area (Å²) in [5.74, 6) is 1.59. The number of pyridine rings is 1. The number of anilines is 1. The molecule has 37 heavy (non-hydrogen) atoms. The first-order valence-corrected chi connectivity index (χ1v) is 12.7. The molecule has 1 aliphatic rings. The predicted octanol–water partition coefficient (Wildman–Crippen LogP) is 4.92. The van der Waals surface area contributed by atoms with E-state index >= 15 is 0 Å². The summed E-state index contributed by atoms with van der Waals surface area (Å²) < 4.78 is 13.1. The highest BCUT2D eigenvalue weighted by molar-refractivity contribution is 5.63. The van der Waals surface area contributed by atoms with Crippen LogP contribution in [0.2, 0.25) is 0 Å². The third-order valence-electron chi connectivity index (χ3n) is 6.66. The molecule has 5 aromatic rings. The van der Waals surface area contributed by atoms with Crippen molar-refractivity contribution in [2.75, 3.05) is 31.6 Å². The van der Waals surface area contributed by atoms with Crippen molar-refractivity contribution in [2.24, 2.45) is 0 Å². The summed E-state index contributed by atoms with van der Waals surface area (Å²) in [7, 11) is 0. The minimum Gasteiger partial charge on any atom is -0.493 e. The van der Waals surface area contributed by atoms with Crippen molar-refractivity contribution >= 4 is 11.5 Å². The average Bonchev–Trinajstić information content (AvgIpc) is 3.73. The molecule has 0 spiro atoms. The Hall–Kier alpha value is -4.24. The van der Waals surface area contributed by atoms with E-state index in [1.807, 2.05) is 47.1 Å². The molecule has 0 bridgehead atoms. The maximum atomic E-state index is 5.99. The average molecular weight is 496 g/mol. The molecule has 1 N–H and O–H groups in total. The van der Waals surface area contributed by atoms with E-state index in [-0.39, 0.29) is 0 Å². The minimum absolute atomic E-state index is 0.640. The van der Waals surface area contributed by atoms with E-state index in [1.165, 1.54) is 32.3 Å². The second kappa shape index (κ2) is 10.8. The fourth-order valence-corrected chi connectivity index (χ4v) is 4.66. The molecule has 1 aromatic carbocycles. The molecule has 1 aliphatic heterocycles. The van der Waals surface area contributed by atoms with Gasteiger partial charge in [0.05, 0.1) is 24.2 Å². The van der Waals surface area contributed by atoms with E-state index in [0.29, 0.717) is 13.2 Å². The molecule has 0 unspecified atom stereocenters. The lowest BCUT2D eigenvalue weighted by atomic mass is 10.1. The van der Waals surface area contributed by atoms with Crippen LogP contribution >= 0.6 is 0 Å². The first-order valence-electron chi connectivity index (χ1n) is 12.7. The van der Waals surface area contributed by atoms with Gasteiger partial charge in [-0.05, 0) is 44.0 Å². The van der Waals surface area contributed by atoms with Crippen LogP contribution in [0.4, 0.5) is 5.82 Å². The fourth-order valence-electron chi connectivity index (χ4n) is 4.66. The van der Waals surface area contributed by atoms with Gasteiger partial charge >= 0.3 is 0 Å². The Kier molecular flexibility index (Phi) is 6.76. The number of oxazole rings is 1. The van der Waals surface area contributed by atoms with E-state index in [2.05, 4.69) is 42.3 Å². The molecule has 9 nitrogen and oxygen atoms in total. The molecule has 1 saturated heterocycles. The number of rotatable bonds is 10. The maximum Gasteiger partial charge on any atom is 0.181 e. The summed E-state index contributed by atoms with van der Waals surface area (Å²) >= 11 is 0. The summed E-state index contributed by atoms with van der Waals surface area (Å²) in [6.45, 7) is 4.90. The highest BCUT2D eigenvalue weighted by atomic mass is 16.5. The molecule has 0 radical (unpaired) electrons. The van der Waals surface area contributed by atoms with Crippen LogP contribution in [-0.2, 0) is 6.54 Å². The van der Waals surface area contributed by atoms with Gasteiger partial charge in [0.15, 0.2) is 6.39 Å². The first-order chi connectivity index (χ1) is 18.3. The van der Waals surface area contributed by atoms with Crippen molar-refractivity contribution in [1.82, 2.24) is 29.2 Å². The van der Waals surface area contributed by atoms with Gasteiger partial charge < -0.3 is 19.4 Å². The Bertz CT molecular complexity index is 1440.